The third-order valence-electron chi connectivity index (χ3n) is 4.45. The van der Waals surface area contributed by atoms with Gasteiger partial charge in [-0.05, 0) is 51.3 Å². The van der Waals surface area contributed by atoms with Crippen molar-refractivity contribution in [1.29, 1.82) is 0 Å². The van der Waals surface area contributed by atoms with Gasteiger partial charge in [-0.15, -0.1) is 0 Å². The molecule has 28 heavy (non-hydrogen) atoms. The lowest BCUT2D eigenvalue weighted by Crippen LogP contribution is -2.33. The molecule has 0 unspecified atom stereocenters. The van der Waals surface area contributed by atoms with Crippen LogP contribution in [0.3, 0.4) is 0 Å². The van der Waals surface area contributed by atoms with E-state index in [9.17, 15) is 13.2 Å². The summed E-state index contributed by atoms with van der Waals surface area (Å²) in [5.41, 5.74) is 2.65. The van der Waals surface area contributed by atoms with Crippen molar-refractivity contribution in [2.75, 3.05) is 18.4 Å². The van der Waals surface area contributed by atoms with Gasteiger partial charge >= 0.3 is 0 Å². The van der Waals surface area contributed by atoms with Gasteiger partial charge in [-0.2, -0.15) is 9.40 Å². The number of sulfonamides is 1. The first-order chi connectivity index (χ1) is 13.2. The van der Waals surface area contributed by atoms with Crippen molar-refractivity contribution in [2.45, 2.75) is 58.9 Å². The van der Waals surface area contributed by atoms with Crippen LogP contribution in [0, 0.1) is 20.8 Å². The Balaban J connectivity index is 2.26. The number of amides is 1. The van der Waals surface area contributed by atoms with E-state index in [0.717, 1.165) is 18.4 Å². The molecule has 0 aliphatic rings. The van der Waals surface area contributed by atoms with E-state index in [0.29, 0.717) is 30.2 Å². The van der Waals surface area contributed by atoms with Crippen molar-refractivity contribution in [3.8, 4) is 0 Å². The van der Waals surface area contributed by atoms with Crippen molar-refractivity contribution >= 4 is 21.6 Å². The fourth-order valence-corrected chi connectivity index (χ4v) is 5.24. The fourth-order valence-electron chi connectivity index (χ4n) is 3.25. The Morgan fingerprint density at radius 2 is 1.79 bits per heavy atom. The van der Waals surface area contributed by atoms with Crippen molar-refractivity contribution < 1.29 is 13.2 Å². The van der Waals surface area contributed by atoms with E-state index in [1.807, 2.05) is 45.0 Å². The molecule has 7 nitrogen and oxygen atoms in total. The predicted molar refractivity (Wildman–Crippen MR) is 111 cm³/mol. The van der Waals surface area contributed by atoms with Gasteiger partial charge in [-0.25, -0.2) is 8.42 Å². The zero-order chi connectivity index (χ0) is 20.9. The highest BCUT2D eigenvalue weighted by molar-refractivity contribution is 7.89. The van der Waals surface area contributed by atoms with Crippen LogP contribution in [0.25, 0.3) is 0 Å². The Hall–Kier alpha value is -2.19. The molecular formula is C20H30N4O3S. The van der Waals surface area contributed by atoms with Gasteiger partial charge in [0, 0.05) is 18.8 Å². The number of carbonyl (C=O) groups excluding carboxylic acids is 1. The highest BCUT2D eigenvalue weighted by Gasteiger charge is 2.30. The van der Waals surface area contributed by atoms with Gasteiger partial charge < -0.3 is 5.32 Å². The highest BCUT2D eigenvalue weighted by atomic mass is 32.2. The Morgan fingerprint density at radius 3 is 2.36 bits per heavy atom. The Morgan fingerprint density at radius 1 is 1.14 bits per heavy atom. The van der Waals surface area contributed by atoms with Crippen LogP contribution < -0.4 is 5.32 Å². The second kappa shape index (κ2) is 9.34. The lowest BCUT2D eigenvalue weighted by molar-refractivity contribution is -0.116. The molecule has 1 heterocycles. The number of anilines is 1. The summed E-state index contributed by atoms with van der Waals surface area (Å²) in [6.45, 7) is 10.1. The number of nitrogens with zero attached hydrogens (tertiary/aromatic N) is 3. The quantitative estimate of drug-likeness (QED) is 0.693. The van der Waals surface area contributed by atoms with Gasteiger partial charge in [0.05, 0.1) is 11.4 Å². The second-order valence-electron chi connectivity index (χ2n) is 6.98. The van der Waals surface area contributed by atoms with Gasteiger partial charge in [0.15, 0.2) is 0 Å². The summed E-state index contributed by atoms with van der Waals surface area (Å²) in [4.78, 5) is 12.6. The maximum atomic E-state index is 13.2. The third kappa shape index (κ3) is 4.99. The number of aryl methyl sites for hydroxylation is 2. The topological polar surface area (TPSA) is 84.3 Å². The molecule has 154 valence electrons. The van der Waals surface area contributed by atoms with Crippen LogP contribution >= 0.6 is 0 Å². The van der Waals surface area contributed by atoms with E-state index in [2.05, 4.69) is 10.4 Å². The SMILES string of the molecule is CCCN(CCC)S(=O)(=O)c1c(C)nn(CC(=O)Nc2cccc(C)c2)c1C. The molecule has 1 aromatic heterocycles. The molecule has 0 atom stereocenters. The minimum atomic E-state index is -3.65. The van der Waals surface area contributed by atoms with Gasteiger partial charge in [-0.3, -0.25) is 9.48 Å². The summed E-state index contributed by atoms with van der Waals surface area (Å²) in [6, 6.07) is 7.51. The summed E-state index contributed by atoms with van der Waals surface area (Å²) >= 11 is 0. The number of carbonyl (C=O) groups is 1. The smallest absolute Gasteiger partial charge is 0.246 e. The molecule has 2 aromatic rings. The predicted octanol–water partition coefficient (Wildman–Crippen LogP) is 3.26. The van der Waals surface area contributed by atoms with Crippen LogP contribution in [0.5, 0.6) is 0 Å². The summed E-state index contributed by atoms with van der Waals surface area (Å²) in [5, 5.41) is 7.16. The van der Waals surface area contributed by atoms with Gasteiger partial charge in [0.1, 0.15) is 11.4 Å². The van der Waals surface area contributed by atoms with E-state index < -0.39 is 10.0 Å². The average Bonchev–Trinajstić information content (AvgIpc) is 2.88. The molecule has 0 bridgehead atoms. The zero-order valence-corrected chi connectivity index (χ0v) is 18.1. The maximum absolute atomic E-state index is 13.2. The number of rotatable bonds is 9. The van der Waals surface area contributed by atoms with E-state index in [-0.39, 0.29) is 17.3 Å². The molecule has 0 aliphatic carbocycles. The van der Waals surface area contributed by atoms with Crippen LogP contribution in [-0.2, 0) is 21.4 Å². The third-order valence-corrected chi connectivity index (χ3v) is 6.61. The van der Waals surface area contributed by atoms with Crippen molar-refractivity contribution in [3.05, 3.63) is 41.2 Å². The molecule has 1 N–H and O–H groups in total. The fraction of sp³-hybridized carbons (Fsp3) is 0.500. The van der Waals surface area contributed by atoms with E-state index >= 15 is 0 Å². The molecule has 0 aliphatic heterocycles. The van der Waals surface area contributed by atoms with E-state index in [1.165, 1.54) is 8.99 Å². The first kappa shape index (κ1) is 22.1. The zero-order valence-electron chi connectivity index (χ0n) is 17.3. The number of nitrogens with one attached hydrogen (secondary N) is 1. The lowest BCUT2D eigenvalue weighted by atomic mass is 10.2. The van der Waals surface area contributed by atoms with Crippen molar-refractivity contribution in [1.82, 2.24) is 14.1 Å². The van der Waals surface area contributed by atoms with E-state index in [4.69, 9.17) is 0 Å². The molecular weight excluding hydrogens is 376 g/mol. The standard InChI is InChI=1S/C20H30N4O3S/c1-6-11-23(12-7-2)28(26,27)20-16(4)22-24(17(20)5)14-19(25)21-18-10-8-9-15(3)13-18/h8-10,13H,6-7,11-12,14H2,1-5H3,(H,21,25). The van der Waals surface area contributed by atoms with Gasteiger partial charge in [-0.1, -0.05) is 26.0 Å². The molecule has 0 spiro atoms. The maximum Gasteiger partial charge on any atom is 0.246 e. The molecule has 0 saturated carbocycles. The molecule has 1 aromatic carbocycles. The molecule has 0 saturated heterocycles. The first-order valence-corrected chi connectivity index (χ1v) is 11.0. The second-order valence-corrected chi connectivity index (χ2v) is 8.85. The molecule has 0 radical (unpaired) electrons. The molecule has 1 amide bonds. The number of hydrogen-bond acceptors (Lipinski definition) is 4. The van der Waals surface area contributed by atoms with Crippen molar-refractivity contribution in [2.24, 2.45) is 0 Å². The molecule has 2 rings (SSSR count). The Labute approximate surface area is 167 Å². The van der Waals surface area contributed by atoms with Crippen LogP contribution in [0.4, 0.5) is 5.69 Å². The van der Waals surface area contributed by atoms with Crippen molar-refractivity contribution in [3.63, 3.8) is 0 Å². The summed E-state index contributed by atoms with van der Waals surface area (Å²) in [7, 11) is -3.65. The van der Waals surface area contributed by atoms with Crippen LogP contribution in [0.15, 0.2) is 29.2 Å². The number of aromatic nitrogens is 2. The summed E-state index contributed by atoms with van der Waals surface area (Å²) in [6.07, 6.45) is 1.48. The molecule has 0 fully saturated rings. The van der Waals surface area contributed by atoms with Crippen LogP contribution in [-0.4, -0.2) is 41.5 Å². The first-order valence-electron chi connectivity index (χ1n) is 9.61. The monoisotopic (exact) mass is 406 g/mol. The Kier molecular flexibility index (Phi) is 7.37. The minimum Gasteiger partial charge on any atom is -0.324 e. The number of benzene rings is 1. The van der Waals surface area contributed by atoms with E-state index in [1.54, 1.807) is 13.8 Å². The van der Waals surface area contributed by atoms with Crippen LogP contribution in [0.2, 0.25) is 0 Å². The van der Waals surface area contributed by atoms with Crippen LogP contribution in [0.1, 0.15) is 43.6 Å². The summed E-state index contributed by atoms with van der Waals surface area (Å²) < 4.78 is 29.3. The molecule has 8 heteroatoms. The summed E-state index contributed by atoms with van der Waals surface area (Å²) in [5.74, 6) is -0.251. The number of hydrogen-bond donors (Lipinski definition) is 1. The normalized spacial score (nSPS) is 11.8. The Bertz CT molecular complexity index is 929. The van der Waals surface area contributed by atoms with Gasteiger partial charge in [0.2, 0.25) is 15.9 Å². The minimum absolute atomic E-state index is 0.0440. The highest BCUT2D eigenvalue weighted by Crippen LogP contribution is 2.24. The largest absolute Gasteiger partial charge is 0.324 e. The lowest BCUT2D eigenvalue weighted by Gasteiger charge is -2.21. The average molecular weight is 407 g/mol. The van der Waals surface area contributed by atoms with Gasteiger partial charge in [0.25, 0.3) is 0 Å².